The summed E-state index contributed by atoms with van der Waals surface area (Å²) in [4.78, 5) is 25.4. The van der Waals surface area contributed by atoms with Gasteiger partial charge in [0, 0.05) is 12.8 Å². The average Bonchev–Trinajstić information content (AvgIpc) is 3.21. The molecule has 2 atom stereocenters. The minimum Gasteiger partial charge on any atom is -0.462 e. The zero-order valence-corrected chi connectivity index (χ0v) is 21.5. The molecule has 0 spiro atoms. The van der Waals surface area contributed by atoms with E-state index in [1.165, 1.54) is 70.6 Å². The van der Waals surface area contributed by atoms with Gasteiger partial charge in [0.05, 0.1) is 12.6 Å². The molecule has 0 saturated carbocycles. The molecule has 1 rings (SSSR count). The summed E-state index contributed by atoms with van der Waals surface area (Å²) in [5.74, 6) is -0.462. The number of esters is 2. The summed E-state index contributed by atoms with van der Waals surface area (Å²) in [5, 5.41) is 0. The molecular formula is C27H49NO5. The first kappa shape index (κ1) is 29.6. The summed E-state index contributed by atoms with van der Waals surface area (Å²) in [5.41, 5.74) is 0. The van der Waals surface area contributed by atoms with Gasteiger partial charge in [0.15, 0.2) is 0 Å². The molecule has 1 fully saturated rings. The van der Waals surface area contributed by atoms with Crippen LogP contribution in [0.25, 0.3) is 0 Å². The van der Waals surface area contributed by atoms with Crippen LogP contribution < -0.4 is 0 Å². The van der Waals surface area contributed by atoms with Gasteiger partial charge in [-0.15, -0.1) is 0 Å². The van der Waals surface area contributed by atoms with Crippen molar-refractivity contribution < 1.29 is 23.8 Å². The van der Waals surface area contributed by atoms with E-state index >= 15 is 0 Å². The maximum Gasteiger partial charge on any atom is 0.320 e. The van der Waals surface area contributed by atoms with E-state index in [9.17, 15) is 9.59 Å². The Bertz CT molecular complexity index is 535. The van der Waals surface area contributed by atoms with E-state index < -0.39 is 6.29 Å². The number of unbranched alkanes of at least 4 members (excludes halogenated alkanes) is 11. The SMILES string of the molecule is CCCCCCCC/C=C\CCCCCCCC(=O)O[C@H]1CC[C@@H](COC(=O)CN(C)C)O1. The van der Waals surface area contributed by atoms with Crippen molar-refractivity contribution in [3.8, 4) is 0 Å². The van der Waals surface area contributed by atoms with E-state index in [1.807, 2.05) is 14.1 Å². The second-order valence-corrected chi connectivity index (χ2v) is 9.51. The number of hydrogen-bond acceptors (Lipinski definition) is 6. The predicted octanol–water partition coefficient (Wildman–Crippen LogP) is 6.18. The van der Waals surface area contributed by atoms with Crippen LogP contribution in [0.3, 0.4) is 0 Å². The fraction of sp³-hybridized carbons (Fsp3) is 0.852. The highest BCUT2D eigenvalue weighted by molar-refractivity contribution is 5.71. The van der Waals surface area contributed by atoms with Gasteiger partial charge in [0.2, 0.25) is 6.29 Å². The van der Waals surface area contributed by atoms with E-state index in [1.54, 1.807) is 4.90 Å². The van der Waals surface area contributed by atoms with Gasteiger partial charge in [-0.2, -0.15) is 0 Å². The second kappa shape index (κ2) is 20.0. The molecule has 0 aliphatic carbocycles. The third-order valence-corrected chi connectivity index (χ3v) is 5.85. The van der Waals surface area contributed by atoms with Crippen molar-refractivity contribution in [2.45, 2.75) is 122 Å². The van der Waals surface area contributed by atoms with Crippen molar-refractivity contribution in [1.82, 2.24) is 4.90 Å². The van der Waals surface area contributed by atoms with Crippen molar-refractivity contribution in [3.63, 3.8) is 0 Å². The minimum atomic E-state index is -0.502. The zero-order chi connectivity index (χ0) is 24.2. The van der Waals surface area contributed by atoms with Crippen LogP contribution in [0.2, 0.25) is 0 Å². The third-order valence-electron chi connectivity index (χ3n) is 5.85. The van der Waals surface area contributed by atoms with E-state index in [-0.39, 0.29) is 31.2 Å². The number of likely N-dealkylation sites (N-methyl/N-ethyl adjacent to an activating group) is 1. The fourth-order valence-corrected chi connectivity index (χ4v) is 3.92. The molecule has 1 aliphatic heterocycles. The van der Waals surface area contributed by atoms with Gasteiger partial charge in [0.25, 0.3) is 0 Å². The van der Waals surface area contributed by atoms with E-state index in [2.05, 4.69) is 19.1 Å². The number of ether oxygens (including phenoxy) is 3. The van der Waals surface area contributed by atoms with Crippen LogP contribution in [0.5, 0.6) is 0 Å². The maximum absolute atomic E-state index is 12.0. The van der Waals surface area contributed by atoms with Crippen LogP contribution in [0.15, 0.2) is 12.2 Å². The molecule has 0 bridgehead atoms. The standard InChI is InChI=1S/C27H49NO5/c1-4-5-6-7-8-9-10-11-12-13-14-15-16-17-18-19-25(29)33-27-21-20-24(32-27)23-31-26(30)22-28(2)3/h11-12,24,27H,4-10,13-23H2,1-3H3/b12-11-/t24-,27-/m0/s1. The number of nitrogens with zero attached hydrogens (tertiary/aromatic N) is 1. The number of hydrogen-bond donors (Lipinski definition) is 0. The molecule has 192 valence electrons. The summed E-state index contributed by atoms with van der Waals surface area (Å²) in [6, 6.07) is 0. The number of allylic oxidation sites excluding steroid dienone is 2. The Labute approximate surface area is 202 Å². The summed E-state index contributed by atoms with van der Waals surface area (Å²) in [6.45, 7) is 2.73. The molecule has 0 radical (unpaired) electrons. The Morgan fingerprint density at radius 1 is 0.848 bits per heavy atom. The number of carbonyl (C=O) groups excluding carboxylic acids is 2. The fourth-order valence-electron chi connectivity index (χ4n) is 3.92. The van der Waals surface area contributed by atoms with Crippen molar-refractivity contribution in [2.24, 2.45) is 0 Å². The van der Waals surface area contributed by atoms with Gasteiger partial charge >= 0.3 is 11.9 Å². The maximum atomic E-state index is 12.0. The summed E-state index contributed by atoms with van der Waals surface area (Å²) < 4.78 is 16.3. The van der Waals surface area contributed by atoms with Crippen LogP contribution in [0.1, 0.15) is 110 Å². The Morgan fingerprint density at radius 3 is 2.09 bits per heavy atom. The lowest BCUT2D eigenvalue weighted by Gasteiger charge is -2.15. The van der Waals surface area contributed by atoms with Crippen molar-refractivity contribution >= 4 is 11.9 Å². The quantitative estimate of drug-likeness (QED) is 0.121. The highest BCUT2D eigenvalue weighted by atomic mass is 16.7. The molecular weight excluding hydrogens is 418 g/mol. The Hall–Kier alpha value is -1.40. The minimum absolute atomic E-state index is 0.186. The first-order chi connectivity index (χ1) is 16.0. The van der Waals surface area contributed by atoms with Crippen LogP contribution in [0, 0.1) is 0 Å². The van der Waals surface area contributed by atoms with Gasteiger partial charge in [-0.05, 0) is 52.6 Å². The monoisotopic (exact) mass is 467 g/mol. The summed E-state index contributed by atoms with van der Waals surface area (Å²) >= 11 is 0. The van der Waals surface area contributed by atoms with E-state index in [0.717, 1.165) is 19.3 Å². The second-order valence-electron chi connectivity index (χ2n) is 9.51. The van der Waals surface area contributed by atoms with Crippen molar-refractivity contribution in [3.05, 3.63) is 12.2 Å². The summed E-state index contributed by atoms with van der Waals surface area (Å²) in [7, 11) is 3.64. The zero-order valence-electron chi connectivity index (χ0n) is 21.5. The lowest BCUT2D eigenvalue weighted by atomic mass is 10.1. The number of rotatable bonds is 20. The summed E-state index contributed by atoms with van der Waals surface area (Å²) in [6.07, 6.45) is 21.9. The van der Waals surface area contributed by atoms with Crippen LogP contribution >= 0.6 is 0 Å². The third kappa shape index (κ3) is 17.7. The van der Waals surface area contributed by atoms with Gasteiger partial charge in [-0.3, -0.25) is 14.5 Å². The van der Waals surface area contributed by atoms with Crippen LogP contribution in [0.4, 0.5) is 0 Å². The topological polar surface area (TPSA) is 65.1 Å². The molecule has 0 unspecified atom stereocenters. The van der Waals surface area contributed by atoms with Gasteiger partial charge in [-0.1, -0.05) is 70.4 Å². The molecule has 0 aromatic carbocycles. The highest BCUT2D eigenvalue weighted by Gasteiger charge is 2.29. The number of carbonyl (C=O) groups is 2. The van der Waals surface area contributed by atoms with E-state index in [4.69, 9.17) is 14.2 Å². The molecule has 0 N–H and O–H groups in total. The van der Waals surface area contributed by atoms with Crippen molar-refractivity contribution in [2.75, 3.05) is 27.2 Å². The van der Waals surface area contributed by atoms with Crippen LogP contribution in [-0.4, -0.2) is 56.5 Å². The molecule has 1 saturated heterocycles. The lowest BCUT2D eigenvalue weighted by molar-refractivity contribution is -0.180. The molecule has 6 heteroatoms. The predicted molar refractivity (Wildman–Crippen MR) is 133 cm³/mol. The molecule has 0 aromatic rings. The van der Waals surface area contributed by atoms with Gasteiger partial charge in [-0.25, -0.2) is 0 Å². The molecule has 33 heavy (non-hydrogen) atoms. The molecule has 1 heterocycles. The Kier molecular flexibility index (Phi) is 18.0. The molecule has 6 nitrogen and oxygen atoms in total. The first-order valence-electron chi connectivity index (χ1n) is 13.3. The normalized spacial score (nSPS) is 18.3. The Balaban J connectivity index is 1.90. The highest BCUT2D eigenvalue weighted by Crippen LogP contribution is 2.22. The van der Waals surface area contributed by atoms with Crippen molar-refractivity contribution in [1.29, 1.82) is 0 Å². The molecule has 1 aliphatic rings. The Morgan fingerprint density at radius 2 is 1.45 bits per heavy atom. The molecule has 0 amide bonds. The smallest absolute Gasteiger partial charge is 0.320 e. The average molecular weight is 468 g/mol. The first-order valence-corrected chi connectivity index (χ1v) is 13.3. The molecule has 0 aromatic heterocycles. The van der Waals surface area contributed by atoms with E-state index in [0.29, 0.717) is 12.8 Å². The van der Waals surface area contributed by atoms with Gasteiger partial charge in [0.1, 0.15) is 6.61 Å². The van der Waals surface area contributed by atoms with Gasteiger partial charge < -0.3 is 14.2 Å². The van der Waals surface area contributed by atoms with Crippen LogP contribution in [-0.2, 0) is 23.8 Å². The largest absolute Gasteiger partial charge is 0.462 e. The lowest BCUT2D eigenvalue weighted by Crippen LogP contribution is -2.27.